The zero-order chi connectivity index (χ0) is 16.4. The molecule has 124 valence electrons. The number of hydrogen-bond donors (Lipinski definition) is 0. The maximum atomic E-state index is 12.9. The Morgan fingerprint density at radius 2 is 1.74 bits per heavy atom. The third kappa shape index (κ3) is 3.26. The van der Waals surface area contributed by atoms with E-state index in [1.165, 1.54) is 0 Å². The third-order valence-electron chi connectivity index (χ3n) is 5.27. The molecular weight excluding hydrogens is 288 g/mol. The van der Waals surface area contributed by atoms with Crippen molar-refractivity contribution >= 4 is 11.8 Å². The molecule has 0 N–H and O–H groups in total. The lowest BCUT2D eigenvalue weighted by Gasteiger charge is -2.34. The molecule has 4 heteroatoms. The summed E-state index contributed by atoms with van der Waals surface area (Å²) in [5, 5.41) is 0. The lowest BCUT2D eigenvalue weighted by Crippen LogP contribution is -2.50. The van der Waals surface area contributed by atoms with Crippen LogP contribution in [0.1, 0.15) is 48.5 Å². The average Bonchev–Trinajstić information content (AvgIpc) is 3.04. The summed E-state index contributed by atoms with van der Waals surface area (Å²) in [5.74, 6) is 0.855. The minimum Gasteiger partial charge on any atom is -0.341 e. The fourth-order valence-corrected chi connectivity index (χ4v) is 3.67. The summed E-state index contributed by atoms with van der Waals surface area (Å²) in [5.41, 5.74) is 1.70. The first-order valence-electron chi connectivity index (χ1n) is 8.73. The van der Waals surface area contributed by atoms with Crippen molar-refractivity contribution in [3.8, 4) is 0 Å². The second-order valence-electron chi connectivity index (χ2n) is 6.98. The van der Waals surface area contributed by atoms with Crippen LogP contribution in [0.4, 0.5) is 0 Å². The fourth-order valence-electron chi connectivity index (χ4n) is 3.67. The van der Waals surface area contributed by atoms with Crippen LogP contribution in [0.3, 0.4) is 0 Å². The molecule has 2 amide bonds. The molecule has 1 aromatic rings. The topological polar surface area (TPSA) is 40.6 Å². The molecule has 2 aliphatic rings. The van der Waals surface area contributed by atoms with E-state index >= 15 is 0 Å². The monoisotopic (exact) mass is 314 g/mol. The van der Waals surface area contributed by atoms with Crippen LogP contribution >= 0.6 is 0 Å². The average molecular weight is 314 g/mol. The summed E-state index contributed by atoms with van der Waals surface area (Å²) < 4.78 is 0. The molecule has 0 aromatic heterocycles. The van der Waals surface area contributed by atoms with Gasteiger partial charge in [0.1, 0.15) is 6.04 Å². The van der Waals surface area contributed by atoms with E-state index < -0.39 is 0 Å². The summed E-state index contributed by atoms with van der Waals surface area (Å²) in [4.78, 5) is 29.5. The maximum absolute atomic E-state index is 12.9. The van der Waals surface area contributed by atoms with Gasteiger partial charge >= 0.3 is 0 Å². The number of aryl methyl sites for hydroxylation is 1. The van der Waals surface area contributed by atoms with Crippen LogP contribution in [-0.4, -0.2) is 47.3 Å². The number of amides is 2. The Morgan fingerprint density at radius 1 is 1.04 bits per heavy atom. The highest BCUT2D eigenvalue weighted by Gasteiger charge is 2.37. The molecule has 1 atom stereocenters. The van der Waals surface area contributed by atoms with E-state index in [1.54, 1.807) is 4.90 Å². The van der Waals surface area contributed by atoms with Gasteiger partial charge in [-0.15, -0.1) is 0 Å². The van der Waals surface area contributed by atoms with E-state index in [9.17, 15) is 9.59 Å². The van der Waals surface area contributed by atoms with E-state index in [0.717, 1.165) is 49.9 Å². The van der Waals surface area contributed by atoms with Gasteiger partial charge in [0.15, 0.2) is 0 Å². The minimum atomic E-state index is -0.268. The molecule has 0 spiro atoms. The van der Waals surface area contributed by atoms with Gasteiger partial charge < -0.3 is 9.80 Å². The molecule has 0 bridgehead atoms. The molecular formula is C19H26N2O2. The van der Waals surface area contributed by atoms with Crippen LogP contribution in [-0.2, 0) is 4.79 Å². The number of carbonyl (C=O) groups excluding carboxylic acids is 2. The summed E-state index contributed by atoms with van der Waals surface area (Å²) in [6.45, 7) is 6.55. The first kappa shape index (κ1) is 16.0. The molecule has 2 aliphatic heterocycles. The van der Waals surface area contributed by atoms with Crippen LogP contribution in [0.5, 0.6) is 0 Å². The molecule has 0 radical (unpaired) electrons. The first-order chi connectivity index (χ1) is 11.1. The van der Waals surface area contributed by atoms with Crippen LogP contribution in [0.2, 0.25) is 0 Å². The number of piperidine rings is 1. The second kappa shape index (κ2) is 6.73. The number of likely N-dealkylation sites (tertiary alicyclic amines) is 2. The first-order valence-corrected chi connectivity index (χ1v) is 8.73. The van der Waals surface area contributed by atoms with E-state index in [1.807, 2.05) is 36.1 Å². The molecule has 3 rings (SSSR count). The number of rotatable bonds is 2. The molecule has 2 fully saturated rings. The lowest BCUT2D eigenvalue weighted by atomic mass is 9.98. The van der Waals surface area contributed by atoms with Gasteiger partial charge in [0.2, 0.25) is 5.91 Å². The van der Waals surface area contributed by atoms with E-state index in [-0.39, 0.29) is 17.9 Å². The summed E-state index contributed by atoms with van der Waals surface area (Å²) in [6.07, 6.45) is 3.86. The fraction of sp³-hybridized carbons (Fsp3) is 0.579. The highest BCUT2D eigenvalue weighted by atomic mass is 16.2. The smallest absolute Gasteiger partial charge is 0.254 e. The predicted molar refractivity (Wildman–Crippen MR) is 90.2 cm³/mol. The van der Waals surface area contributed by atoms with E-state index in [0.29, 0.717) is 12.5 Å². The Kier molecular flexibility index (Phi) is 4.69. The van der Waals surface area contributed by atoms with Crippen molar-refractivity contribution in [3.05, 3.63) is 35.4 Å². The van der Waals surface area contributed by atoms with Crippen molar-refractivity contribution in [3.63, 3.8) is 0 Å². The van der Waals surface area contributed by atoms with Gasteiger partial charge in [-0.1, -0.05) is 25.1 Å². The normalized spacial score (nSPS) is 22.4. The van der Waals surface area contributed by atoms with Gasteiger partial charge in [0, 0.05) is 25.2 Å². The molecule has 0 unspecified atom stereocenters. The minimum absolute atomic E-state index is 0.00401. The Balaban J connectivity index is 1.74. The van der Waals surface area contributed by atoms with Gasteiger partial charge in [0.25, 0.3) is 5.91 Å². The van der Waals surface area contributed by atoms with Crippen molar-refractivity contribution < 1.29 is 9.59 Å². The number of benzene rings is 1. The van der Waals surface area contributed by atoms with E-state index in [4.69, 9.17) is 0 Å². The SMILES string of the molecule is Cc1ccccc1C(=O)N1CCC[C@H]1C(=O)N1CCC(C)CC1. The Morgan fingerprint density at radius 3 is 2.43 bits per heavy atom. The van der Waals surface area contributed by atoms with Crippen LogP contribution in [0.15, 0.2) is 24.3 Å². The van der Waals surface area contributed by atoms with Gasteiger partial charge in [-0.2, -0.15) is 0 Å². The van der Waals surface area contributed by atoms with Crippen LogP contribution in [0.25, 0.3) is 0 Å². The number of hydrogen-bond acceptors (Lipinski definition) is 2. The van der Waals surface area contributed by atoms with Crippen LogP contribution < -0.4 is 0 Å². The number of carbonyl (C=O) groups is 2. The van der Waals surface area contributed by atoms with Crippen molar-refractivity contribution in [1.29, 1.82) is 0 Å². The van der Waals surface area contributed by atoms with Gasteiger partial charge in [-0.05, 0) is 50.2 Å². The third-order valence-corrected chi connectivity index (χ3v) is 5.27. The zero-order valence-electron chi connectivity index (χ0n) is 14.1. The van der Waals surface area contributed by atoms with Crippen molar-refractivity contribution in [2.24, 2.45) is 5.92 Å². The highest BCUT2D eigenvalue weighted by molar-refractivity contribution is 5.99. The lowest BCUT2D eigenvalue weighted by molar-refractivity contribution is -0.136. The van der Waals surface area contributed by atoms with E-state index in [2.05, 4.69) is 6.92 Å². The predicted octanol–water partition coefficient (Wildman–Crippen LogP) is 2.86. The largest absolute Gasteiger partial charge is 0.341 e. The maximum Gasteiger partial charge on any atom is 0.254 e. The molecule has 2 saturated heterocycles. The highest BCUT2D eigenvalue weighted by Crippen LogP contribution is 2.25. The van der Waals surface area contributed by atoms with Gasteiger partial charge in [-0.3, -0.25) is 9.59 Å². The molecule has 4 nitrogen and oxygen atoms in total. The Labute approximate surface area is 138 Å². The van der Waals surface area contributed by atoms with Crippen molar-refractivity contribution in [1.82, 2.24) is 9.80 Å². The number of nitrogens with zero attached hydrogens (tertiary/aromatic N) is 2. The Hall–Kier alpha value is -1.84. The summed E-state index contributed by atoms with van der Waals surface area (Å²) >= 11 is 0. The zero-order valence-corrected chi connectivity index (χ0v) is 14.1. The van der Waals surface area contributed by atoms with Crippen molar-refractivity contribution in [2.45, 2.75) is 45.6 Å². The van der Waals surface area contributed by atoms with Gasteiger partial charge in [0.05, 0.1) is 0 Å². The Bertz CT molecular complexity index is 591. The molecule has 1 aromatic carbocycles. The summed E-state index contributed by atoms with van der Waals surface area (Å²) in [7, 11) is 0. The molecule has 0 saturated carbocycles. The molecule has 0 aliphatic carbocycles. The standard InChI is InChI=1S/C19H26N2O2/c1-14-9-12-20(13-10-14)19(23)17-8-5-11-21(17)18(22)16-7-4-3-6-15(16)2/h3-4,6-7,14,17H,5,8-13H2,1-2H3/t17-/m0/s1. The van der Waals surface area contributed by atoms with Crippen molar-refractivity contribution in [2.75, 3.05) is 19.6 Å². The second-order valence-corrected chi connectivity index (χ2v) is 6.98. The molecule has 23 heavy (non-hydrogen) atoms. The van der Waals surface area contributed by atoms with Crippen LogP contribution in [0, 0.1) is 12.8 Å². The molecule has 2 heterocycles. The quantitative estimate of drug-likeness (QED) is 0.842. The summed E-state index contributed by atoms with van der Waals surface area (Å²) in [6, 6.07) is 7.37. The van der Waals surface area contributed by atoms with Gasteiger partial charge in [-0.25, -0.2) is 0 Å².